The highest BCUT2D eigenvalue weighted by molar-refractivity contribution is 5.76. The van der Waals surface area contributed by atoms with E-state index in [1.54, 1.807) is 10.9 Å². The van der Waals surface area contributed by atoms with Gasteiger partial charge in [0.25, 0.3) is 0 Å². The Morgan fingerprint density at radius 3 is 2.83 bits per heavy atom. The number of carbonyl (C=O) groups is 1. The topological polar surface area (TPSA) is 85.0 Å². The molecule has 0 saturated heterocycles. The lowest BCUT2D eigenvalue weighted by Crippen LogP contribution is -2.42. The molecule has 130 valence electrons. The Kier molecular flexibility index (Phi) is 4.71. The third-order valence-corrected chi connectivity index (χ3v) is 4.88. The Labute approximate surface area is 141 Å². The van der Waals surface area contributed by atoms with E-state index in [2.05, 4.69) is 15.4 Å². The maximum Gasteiger partial charge on any atom is 0.220 e. The van der Waals surface area contributed by atoms with E-state index in [-0.39, 0.29) is 18.0 Å². The second kappa shape index (κ2) is 6.76. The van der Waals surface area contributed by atoms with Gasteiger partial charge in [0, 0.05) is 32.1 Å². The Bertz CT molecular complexity index is 720. The molecule has 1 amide bonds. The summed E-state index contributed by atoms with van der Waals surface area (Å²) in [6.45, 7) is 3.88. The molecule has 2 heterocycles. The van der Waals surface area contributed by atoms with E-state index in [0.29, 0.717) is 12.8 Å². The van der Waals surface area contributed by atoms with Crippen LogP contribution < -0.4 is 5.32 Å². The number of carbonyl (C=O) groups excluding carboxylic acids is 1. The van der Waals surface area contributed by atoms with Crippen molar-refractivity contribution < 1.29 is 9.90 Å². The Morgan fingerprint density at radius 1 is 1.42 bits per heavy atom. The van der Waals surface area contributed by atoms with Crippen LogP contribution in [0.2, 0.25) is 0 Å². The number of nitrogens with one attached hydrogen (secondary N) is 1. The van der Waals surface area contributed by atoms with E-state index in [4.69, 9.17) is 0 Å². The van der Waals surface area contributed by atoms with Crippen LogP contribution in [0.4, 0.5) is 0 Å². The van der Waals surface area contributed by atoms with E-state index < -0.39 is 6.10 Å². The molecular weight excluding hydrogens is 306 g/mol. The molecule has 7 heteroatoms. The highest BCUT2D eigenvalue weighted by Gasteiger charge is 2.36. The normalized spacial score (nSPS) is 23.6. The number of amides is 1. The lowest BCUT2D eigenvalue weighted by atomic mass is 10.1. The number of aliphatic hydroxyl groups excluding tert-OH is 1. The summed E-state index contributed by atoms with van der Waals surface area (Å²) in [5.74, 6) is 0.864. The third kappa shape index (κ3) is 3.36. The zero-order chi connectivity index (χ0) is 17.3. The zero-order valence-corrected chi connectivity index (χ0v) is 14.4. The van der Waals surface area contributed by atoms with Crippen molar-refractivity contribution in [3.8, 4) is 0 Å². The molecule has 0 aliphatic heterocycles. The van der Waals surface area contributed by atoms with Gasteiger partial charge in [0.2, 0.25) is 5.91 Å². The predicted octanol–water partition coefficient (Wildman–Crippen LogP) is 1.05. The number of aliphatic hydroxyl groups is 1. The molecule has 0 spiro atoms. The minimum Gasteiger partial charge on any atom is -0.389 e. The molecule has 2 aromatic rings. The first kappa shape index (κ1) is 16.7. The minimum absolute atomic E-state index is 0.0154. The van der Waals surface area contributed by atoms with Crippen LogP contribution in [0.1, 0.15) is 42.4 Å². The Balaban J connectivity index is 1.53. The molecule has 2 N–H and O–H groups in total. The van der Waals surface area contributed by atoms with Crippen molar-refractivity contribution >= 4 is 5.91 Å². The van der Waals surface area contributed by atoms with Gasteiger partial charge in [-0.15, -0.1) is 0 Å². The Morgan fingerprint density at radius 2 is 2.21 bits per heavy atom. The summed E-state index contributed by atoms with van der Waals surface area (Å²) in [5.41, 5.74) is 2.05. The number of aryl methyl sites for hydroxylation is 4. The molecule has 1 aliphatic carbocycles. The fourth-order valence-corrected chi connectivity index (χ4v) is 3.58. The molecule has 1 saturated carbocycles. The molecule has 7 nitrogen and oxygen atoms in total. The quantitative estimate of drug-likeness (QED) is 0.857. The highest BCUT2D eigenvalue weighted by Crippen LogP contribution is 2.31. The largest absolute Gasteiger partial charge is 0.389 e. The van der Waals surface area contributed by atoms with Crippen LogP contribution in [0.3, 0.4) is 0 Å². The van der Waals surface area contributed by atoms with Crippen LogP contribution in [0, 0.1) is 13.8 Å². The summed E-state index contributed by atoms with van der Waals surface area (Å²) in [7, 11) is 1.88. The van der Waals surface area contributed by atoms with Gasteiger partial charge in [-0.05, 0) is 38.7 Å². The maximum atomic E-state index is 12.2. The molecule has 3 atom stereocenters. The lowest BCUT2D eigenvalue weighted by Gasteiger charge is -2.22. The number of imidazole rings is 1. The number of rotatable bonds is 5. The number of hydrogen-bond acceptors (Lipinski definition) is 4. The summed E-state index contributed by atoms with van der Waals surface area (Å²) in [4.78, 5) is 16.4. The van der Waals surface area contributed by atoms with Gasteiger partial charge in [-0.25, -0.2) is 4.98 Å². The summed E-state index contributed by atoms with van der Waals surface area (Å²) in [6, 6.07) is -0.210. The van der Waals surface area contributed by atoms with Gasteiger partial charge in [-0.2, -0.15) is 5.10 Å². The molecule has 0 radical (unpaired) electrons. The van der Waals surface area contributed by atoms with E-state index in [9.17, 15) is 9.90 Å². The average molecular weight is 331 g/mol. The molecule has 0 aromatic carbocycles. The standard InChI is InChI=1S/C17H25N5O2/c1-11-13(10-21(3)20-11)4-7-16(23)19-14-5-6-15(17(14)24)22-9-8-18-12(22)2/h8-10,14-15,17,24H,4-7H2,1-3H3,(H,19,23)/t14-,15-,17-/m1/s1. The number of aromatic nitrogens is 4. The SMILES string of the molecule is Cc1nn(C)cc1CCC(=O)N[C@@H]1CC[C@@H](n2ccnc2C)[C@@H]1O. The minimum atomic E-state index is -0.582. The van der Waals surface area contributed by atoms with Gasteiger partial charge < -0.3 is 15.0 Å². The second-order valence-corrected chi connectivity index (χ2v) is 6.60. The van der Waals surface area contributed by atoms with Crippen LogP contribution in [0.25, 0.3) is 0 Å². The molecule has 2 aromatic heterocycles. The summed E-state index contributed by atoms with van der Waals surface area (Å²) in [5, 5.41) is 17.8. The van der Waals surface area contributed by atoms with E-state index >= 15 is 0 Å². The van der Waals surface area contributed by atoms with Crippen molar-refractivity contribution in [3.63, 3.8) is 0 Å². The molecule has 0 bridgehead atoms. The lowest BCUT2D eigenvalue weighted by molar-refractivity contribution is -0.122. The van der Waals surface area contributed by atoms with E-state index in [1.807, 2.05) is 37.9 Å². The average Bonchev–Trinajstić information content (AvgIpc) is 3.18. The monoisotopic (exact) mass is 331 g/mol. The van der Waals surface area contributed by atoms with Crippen LogP contribution >= 0.6 is 0 Å². The second-order valence-electron chi connectivity index (χ2n) is 6.60. The fourth-order valence-electron chi connectivity index (χ4n) is 3.58. The molecule has 1 fully saturated rings. The number of nitrogens with zero attached hydrogens (tertiary/aromatic N) is 4. The first-order valence-electron chi connectivity index (χ1n) is 8.41. The van der Waals surface area contributed by atoms with Crippen molar-refractivity contribution in [2.24, 2.45) is 7.05 Å². The summed E-state index contributed by atoms with van der Waals surface area (Å²) < 4.78 is 3.76. The van der Waals surface area contributed by atoms with Crippen molar-refractivity contribution in [1.29, 1.82) is 0 Å². The van der Waals surface area contributed by atoms with E-state index in [0.717, 1.165) is 29.9 Å². The van der Waals surface area contributed by atoms with Crippen molar-refractivity contribution in [2.75, 3.05) is 0 Å². The van der Waals surface area contributed by atoms with Crippen LogP contribution in [0.5, 0.6) is 0 Å². The van der Waals surface area contributed by atoms with Crippen molar-refractivity contribution in [3.05, 3.63) is 35.7 Å². The van der Waals surface area contributed by atoms with Crippen LogP contribution in [-0.2, 0) is 18.3 Å². The molecule has 0 unspecified atom stereocenters. The van der Waals surface area contributed by atoms with Gasteiger partial charge in [-0.1, -0.05) is 0 Å². The first-order valence-corrected chi connectivity index (χ1v) is 8.41. The van der Waals surface area contributed by atoms with Gasteiger partial charge >= 0.3 is 0 Å². The fraction of sp³-hybridized carbons (Fsp3) is 0.588. The third-order valence-electron chi connectivity index (χ3n) is 4.88. The molecule has 24 heavy (non-hydrogen) atoms. The first-order chi connectivity index (χ1) is 11.5. The summed E-state index contributed by atoms with van der Waals surface area (Å²) in [6.07, 6.45) is 7.69. The molecular formula is C17H25N5O2. The van der Waals surface area contributed by atoms with Gasteiger partial charge in [0.1, 0.15) is 5.82 Å². The van der Waals surface area contributed by atoms with Crippen LogP contribution in [-0.4, -0.2) is 42.5 Å². The zero-order valence-electron chi connectivity index (χ0n) is 14.4. The molecule has 3 rings (SSSR count). The summed E-state index contributed by atoms with van der Waals surface area (Å²) >= 11 is 0. The smallest absolute Gasteiger partial charge is 0.220 e. The highest BCUT2D eigenvalue weighted by atomic mass is 16.3. The molecule has 1 aliphatic rings. The van der Waals surface area contributed by atoms with Crippen molar-refractivity contribution in [2.45, 2.75) is 57.7 Å². The van der Waals surface area contributed by atoms with Crippen LogP contribution in [0.15, 0.2) is 18.6 Å². The van der Waals surface area contributed by atoms with Gasteiger partial charge in [-0.3, -0.25) is 9.48 Å². The maximum absolute atomic E-state index is 12.2. The Hall–Kier alpha value is -2.15. The van der Waals surface area contributed by atoms with Gasteiger partial charge in [0.05, 0.1) is 23.9 Å². The van der Waals surface area contributed by atoms with Gasteiger partial charge in [0.15, 0.2) is 0 Å². The predicted molar refractivity (Wildman–Crippen MR) is 89.4 cm³/mol. The van der Waals surface area contributed by atoms with E-state index in [1.165, 1.54) is 0 Å². The van der Waals surface area contributed by atoms with Crippen molar-refractivity contribution in [1.82, 2.24) is 24.6 Å². The number of hydrogen-bond donors (Lipinski definition) is 2.